The Balaban J connectivity index is 1.48. The summed E-state index contributed by atoms with van der Waals surface area (Å²) in [6.45, 7) is 3.81. The Morgan fingerprint density at radius 1 is 1.19 bits per heavy atom. The molecule has 2 atom stereocenters. The number of amides is 1. The first-order chi connectivity index (χ1) is 13.0. The van der Waals surface area contributed by atoms with E-state index in [1.807, 2.05) is 11.5 Å². The van der Waals surface area contributed by atoms with Gasteiger partial charge in [0.25, 0.3) is 0 Å². The number of fused-ring (bicyclic) bond motifs is 1. The van der Waals surface area contributed by atoms with E-state index >= 15 is 0 Å². The van der Waals surface area contributed by atoms with Crippen molar-refractivity contribution < 1.29 is 13.6 Å². The van der Waals surface area contributed by atoms with Gasteiger partial charge in [-0.05, 0) is 57.0 Å². The van der Waals surface area contributed by atoms with Crippen molar-refractivity contribution in [1.29, 1.82) is 0 Å². The Kier molecular flexibility index (Phi) is 4.95. The summed E-state index contributed by atoms with van der Waals surface area (Å²) in [6.07, 6.45) is 6.70. The Morgan fingerprint density at radius 3 is 2.59 bits per heavy atom. The molecule has 2 unspecified atom stereocenters. The smallest absolute Gasteiger partial charge is 0.242 e. The number of benzene rings is 1. The highest BCUT2D eigenvalue weighted by atomic mass is 19.1. The normalized spacial score (nSPS) is 21.1. The summed E-state index contributed by atoms with van der Waals surface area (Å²) in [4.78, 5) is 19.3. The number of likely N-dealkylation sites (tertiary alicyclic amines) is 1. The first kappa shape index (κ1) is 18.1. The first-order valence-corrected chi connectivity index (χ1v) is 9.60. The van der Waals surface area contributed by atoms with Gasteiger partial charge in [0, 0.05) is 18.7 Å². The second-order valence-electron chi connectivity index (χ2n) is 7.47. The Labute approximate surface area is 157 Å². The molecule has 1 N–H and O–H groups in total. The van der Waals surface area contributed by atoms with E-state index < -0.39 is 11.6 Å². The maximum atomic E-state index is 13.6. The lowest BCUT2D eigenvalue weighted by molar-refractivity contribution is -0.121. The largest absolute Gasteiger partial charge is 0.325 e. The average Bonchev–Trinajstić information content (AvgIpc) is 3.21. The number of nitrogens with zero attached hydrogens (tertiary/aromatic N) is 3. The molecule has 2 aliphatic rings. The zero-order valence-corrected chi connectivity index (χ0v) is 15.4. The second-order valence-corrected chi connectivity index (χ2v) is 7.47. The molecule has 5 nitrogen and oxygen atoms in total. The summed E-state index contributed by atoms with van der Waals surface area (Å²) in [7, 11) is 0. The van der Waals surface area contributed by atoms with E-state index in [0.29, 0.717) is 17.8 Å². The van der Waals surface area contributed by atoms with Gasteiger partial charge in [-0.2, -0.15) is 0 Å². The number of halogens is 2. The zero-order valence-electron chi connectivity index (χ0n) is 15.4. The highest BCUT2D eigenvalue weighted by Crippen LogP contribution is 2.33. The first-order valence-electron chi connectivity index (χ1n) is 9.60. The molecule has 7 heteroatoms. The molecular formula is C20H24F2N4O. The van der Waals surface area contributed by atoms with Gasteiger partial charge in [0.05, 0.1) is 12.1 Å². The quantitative estimate of drug-likeness (QED) is 0.891. The van der Waals surface area contributed by atoms with E-state index in [0.717, 1.165) is 44.2 Å². The SMILES string of the molecule is CC(C(=O)Nc1cn2c(n1)CCC2c1cc(F)cc(F)c1)N1CCCCC1. The van der Waals surface area contributed by atoms with Crippen LogP contribution >= 0.6 is 0 Å². The minimum atomic E-state index is -0.581. The number of anilines is 1. The molecule has 1 aromatic heterocycles. The van der Waals surface area contributed by atoms with Crippen molar-refractivity contribution in [2.75, 3.05) is 18.4 Å². The summed E-state index contributed by atoms with van der Waals surface area (Å²) in [6, 6.07) is 3.23. The van der Waals surface area contributed by atoms with Crippen LogP contribution in [0.2, 0.25) is 0 Å². The molecule has 1 saturated heterocycles. The summed E-state index contributed by atoms with van der Waals surface area (Å²) >= 11 is 0. The highest BCUT2D eigenvalue weighted by molar-refractivity contribution is 5.93. The monoisotopic (exact) mass is 374 g/mol. The lowest BCUT2D eigenvalue weighted by Crippen LogP contribution is -2.44. The zero-order chi connectivity index (χ0) is 19.0. The third-order valence-electron chi connectivity index (χ3n) is 5.62. The fourth-order valence-corrected chi connectivity index (χ4v) is 4.15. The summed E-state index contributed by atoms with van der Waals surface area (Å²) < 4.78 is 29.1. The number of aromatic nitrogens is 2. The van der Waals surface area contributed by atoms with Crippen molar-refractivity contribution in [2.45, 2.75) is 51.1 Å². The maximum Gasteiger partial charge on any atom is 0.242 e. The van der Waals surface area contributed by atoms with Crippen LogP contribution < -0.4 is 5.32 Å². The van der Waals surface area contributed by atoms with Gasteiger partial charge in [0.2, 0.25) is 5.91 Å². The molecule has 1 fully saturated rings. The molecule has 0 spiro atoms. The molecule has 144 valence electrons. The average molecular weight is 374 g/mol. The van der Waals surface area contributed by atoms with Crippen LogP contribution in [0.15, 0.2) is 24.4 Å². The van der Waals surface area contributed by atoms with Crippen LogP contribution in [0.4, 0.5) is 14.6 Å². The fraction of sp³-hybridized carbons (Fsp3) is 0.500. The number of aryl methyl sites for hydroxylation is 1. The highest BCUT2D eigenvalue weighted by Gasteiger charge is 2.28. The molecule has 0 saturated carbocycles. The minimum absolute atomic E-state index is 0.0676. The Hall–Kier alpha value is -2.28. The van der Waals surface area contributed by atoms with Crippen molar-refractivity contribution in [3.05, 3.63) is 47.4 Å². The third-order valence-corrected chi connectivity index (χ3v) is 5.62. The fourth-order valence-electron chi connectivity index (χ4n) is 4.15. The van der Waals surface area contributed by atoms with E-state index in [4.69, 9.17) is 0 Å². The molecule has 2 aromatic rings. The third kappa shape index (κ3) is 3.74. The van der Waals surface area contributed by atoms with E-state index in [2.05, 4.69) is 15.2 Å². The Bertz CT molecular complexity index is 824. The van der Waals surface area contributed by atoms with Crippen LogP contribution in [0.3, 0.4) is 0 Å². The lowest BCUT2D eigenvalue weighted by Gasteiger charge is -2.31. The van der Waals surface area contributed by atoms with Gasteiger partial charge in [-0.15, -0.1) is 0 Å². The molecule has 1 amide bonds. The van der Waals surface area contributed by atoms with Gasteiger partial charge in [-0.25, -0.2) is 13.8 Å². The van der Waals surface area contributed by atoms with Crippen molar-refractivity contribution in [3.8, 4) is 0 Å². The van der Waals surface area contributed by atoms with E-state index in [-0.39, 0.29) is 18.0 Å². The summed E-state index contributed by atoms with van der Waals surface area (Å²) in [5.41, 5.74) is 0.586. The van der Waals surface area contributed by atoms with E-state index in [1.165, 1.54) is 18.6 Å². The minimum Gasteiger partial charge on any atom is -0.325 e. The number of hydrogen-bond acceptors (Lipinski definition) is 3. The molecule has 27 heavy (non-hydrogen) atoms. The van der Waals surface area contributed by atoms with Crippen molar-refractivity contribution in [1.82, 2.24) is 14.5 Å². The number of carbonyl (C=O) groups is 1. The lowest BCUT2D eigenvalue weighted by atomic mass is 10.0. The summed E-state index contributed by atoms with van der Waals surface area (Å²) in [5.74, 6) is 0.0953. The number of rotatable bonds is 4. The van der Waals surface area contributed by atoms with E-state index in [9.17, 15) is 13.6 Å². The van der Waals surface area contributed by atoms with Gasteiger partial charge < -0.3 is 9.88 Å². The summed E-state index contributed by atoms with van der Waals surface area (Å²) in [5, 5.41) is 2.90. The van der Waals surface area contributed by atoms with Gasteiger partial charge in [0.1, 0.15) is 17.5 Å². The molecule has 3 heterocycles. The van der Waals surface area contributed by atoms with Gasteiger partial charge in [-0.3, -0.25) is 9.69 Å². The van der Waals surface area contributed by atoms with Crippen LogP contribution in [0.5, 0.6) is 0 Å². The predicted octanol–water partition coefficient (Wildman–Crippen LogP) is 3.51. The van der Waals surface area contributed by atoms with Gasteiger partial charge >= 0.3 is 0 Å². The number of imidazole rings is 1. The number of carbonyl (C=O) groups excluding carboxylic acids is 1. The van der Waals surface area contributed by atoms with Crippen LogP contribution in [0, 0.1) is 11.6 Å². The number of piperidine rings is 1. The van der Waals surface area contributed by atoms with Crippen LogP contribution in [-0.2, 0) is 11.2 Å². The van der Waals surface area contributed by atoms with Crippen LogP contribution in [0.25, 0.3) is 0 Å². The Morgan fingerprint density at radius 2 is 1.89 bits per heavy atom. The van der Waals surface area contributed by atoms with E-state index in [1.54, 1.807) is 6.20 Å². The van der Waals surface area contributed by atoms with Gasteiger partial charge in [-0.1, -0.05) is 6.42 Å². The van der Waals surface area contributed by atoms with Crippen LogP contribution in [-0.4, -0.2) is 39.5 Å². The second kappa shape index (κ2) is 7.38. The number of nitrogens with one attached hydrogen (secondary N) is 1. The molecule has 0 bridgehead atoms. The standard InChI is InChI=1S/C20H24F2N4O/c1-13(25-7-3-2-4-8-25)20(27)24-18-12-26-17(5-6-19(26)23-18)14-9-15(21)11-16(22)10-14/h9-13,17H,2-8H2,1H3,(H,24,27). The molecule has 4 rings (SSSR count). The number of hydrogen-bond donors (Lipinski definition) is 1. The maximum absolute atomic E-state index is 13.6. The predicted molar refractivity (Wildman–Crippen MR) is 98.6 cm³/mol. The van der Waals surface area contributed by atoms with Crippen molar-refractivity contribution >= 4 is 11.7 Å². The molecule has 0 radical (unpaired) electrons. The van der Waals surface area contributed by atoms with Crippen molar-refractivity contribution in [2.24, 2.45) is 0 Å². The van der Waals surface area contributed by atoms with Crippen molar-refractivity contribution in [3.63, 3.8) is 0 Å². The molecule has 1 aromatic carbocycles. The van der Waals surface area contributed by atoms with Gasteiger partial charge in [0.15, 0.2) is 5.82 Å². The van der Waals surface area contributed by atoms with Crippen LogP contribution in [0.1, 0.15) is 50.0 Å². The molecule has 0 aliphatic carbocycles. The topological polar surface area (TPSA) is 50.2 Å². The molecule has 2 aliphatic heterocycles. The molecular weight excluding hydrogens is 350 g/mol.